The Hall–Kier alpha value is -0.989. The van der Waals surface area contributed by atoms with Gasteiger partial charge in [-0.05, 0) is 65.2 Å². The highest BCUT2D eigenvalue weighted by Crippen LogP contribution is 2.25. The maximum Gasteiger partial charge on any atom is 0.410 e. The first-order valence-electron chi connectivity index (χ1n) is 10.9. The summed E-state index contributed by atoms with van der Waals surface area (Å²) in [4.78, 5) is 24.9. The van der Waals surface area contributed by atoms with Crippen LogP contribution in [0.4, 0.5) is 4.79 Å². The lowest BCUT2D eigenvalue weighted by atomic mass is 10.3. The molecule has 1 saturated heterocycles. The summed E-state index contributed by atoms with van der Waals surface area (Å²) in [5.41, 5.74) is 0.333. The van der Waals surface area contributed by atoms with Crippen LogP contribution in [-0.4, -0.2) is 81.2 Å². The molecule has 0 aliphatic carbocycles. The number of nitrogens with zero attached hydrogens (tertiary/aromatic N) is 1. The van der Waals surface area contributed by atoms with E-state index in [1.54, 1.807) is 6.92 Å². The number of hydrogen-bond acceptors (Lipinski definition) is 7. The molecule has 0 aromatic carbocycles. The van der Waals surface area contributed by atoms with Crippen molar-refractivity contribution in [2.75, 3.05) is 32.9 Å². The van der Waals surface area contributed by atoms with E-state index in [9.17, 15) is 9.59 Å². The van der Waals surface area contributed by atoms with Gasteiger partial charge < -0.3 is 27.3 Å². The van der Waals surface area contributed by atoms with Crippen molar-refractivity contribution in [2.24, 2.45) is 0 Å². The Kier molecular flexibility index (Phi) is 10.6. The standard InChI is InChI=1S/C20H41NO7Si3/c1-17(2)19(22)25-13-11-21-15-18(26-20(21)23)16-24-12-10-14-31(9,27-29(3,4)5)28-30(6,7)8/h18H,1,10-16H2,2-9H3. The molecule has 1 aliphatic rings. The molecule has 1 rings (SSSR count). The lowest BCUT2D eigenvalue weighted by Gasteiger charge is -2.38. The van der Waals surface area contributed by atoms with E-state index in [1.165, 1.54) is 4.90 Å². The third-order valence-electron chi connectivity index (χ3n) is 4.16. The first-order chi connectivity index (χ1) is 14.1. The Labute approximate surface area is 190 Å². The lowest BCUT2D eigenvalue weighted by molar-refractivity contribution is -0.139. The first-order valence-corrected chi connectivity index (χ1v) is 20.2. The molecule has 0 bridgehead atoms. The predicted molar refractivity (Wildman–Crippen MR) is 128 cm³/mol. The van der Waals surface area contributed by atoms with Crippen LogP contribution in [0.2, 0.25) is 51.9 Å². The summed E-state index contributed by atoms with van der Waals surface area (Å²) in [7, 11) is -5.66. The van der Waals surface area contributed by atoms with Crippen molar-refractivity contribution in [3.63, 3.8) is 0 Å². The van der Waals surface area contributed by atoms with E-state index in [0.717, 1.165) is 12.5 Å². The fourth-order valence-electron chi connectivity index (χ4n) is 3.34. The van der Waals surface area contributed by atoms with Crippen LogP contribution >= 0.6 is 0 Å². The second-order valence-corrected chi connectivity index (χ2v) is 23.0. The summed E-state index contributed by atoms with van der Waals surface area (Å²) in [5, 5.41) is 0. The second kappa shape index (κ2) is 11.8. The largest absolute Gasteiger partial charge is 0.460 e. The molecular formula is C20H41NO7Si3. The van der Waals surface area contributed by atoms with E-state index in [2.05, 4.69) is 52.4 Å². The molecule has 1 fully saturated rings. The fraction of sp³-hybridized carbons (Fsp3) is 0.800. The average Bonchev–Trinajstić information content (AvgIpc) is 2.90. The SMILES string of the molecule is C=C(C)C(=O)OCCN1CC(COCCC[Si](C)(O[Si](C)(C)C)O[Si](C)(C)C)OC1=O. The number of hydrogen-bond donors (Lipinski definition) is 0. The van der Waals surface area contributed by atoms with Crippen molar-refractivity contribution in [3.05, 3.63) is 12.2 Å². The van der Waals surface area contributed by atoms with Gasteiger partial charge in [-0.2, -0.15) is 0 Å². The second-order valence-electron chi connectivity index (χ2n) is 10.1. The van der Waals surface area contributed by atoms with E-state index in [0.29, 0.717) is 31.9 Å². The zero-order chi connectivity index (χ0) is 23.9. The van der Waals surface area contributed by atoms with Crippen LogP contribution in [-0.2, 0) is 27.2 Å². The molecule has 0 aromatic rings. The fourth-order valence-corrected chi connectivity index (χ4v) is 15.9. The number of rotatable bonds is 14. The number of amides is 1. The molecule has 0 radical (unpaired) electrons. The molecule has 1 heterocycles. The normalized spacial score (nSPS) is 17.6. The van der Waals surface area contributed by atoms with Crippen LogP contribution in [0.3, 0.4) is 0 Å². The van der Waals surface area contributed by atoms with Crippen molar-refractivity contribution >= 4 is 37.3 Å². The molecule has 11 heteroatoms. The smallest absolute Gasteiger partial charge is 0.410 e. The molecule has 0 spiro atoms. The van der Waals surface area contributed by atoms with Gasteiger partial charge in [0, 0.05) is 12.2 Å². The highest BCUT2D eigenvalue weighted by atomic mass is 28.5. The Morgan fingerprint density at radius 1 is 1.10 bits per heavy atom. The minimum atomic E-state index is -2.25. The van der Waals surface area contributed by atoms with E-state index in [4.69, 9.17) is 22.4 Å². The van der Waals surface area contributed by atoms with Crippen LogP contribution in [0.5, 0.6) is 0 Å². The zero-order valence-electron chi connectivity index (χ0n) is 20.5. The van der Waals surface area contributed by atoms with Gasteiger partial charge in [-0.1, -0.05) is 6.58 Å². The average molecular weight is 492 g/mol. The van der Waals surface area contributed by atoms with E-state index >= 15 is 0 Å². The van der Waals surface area contributed by atoms with Gasteiger partial charge in [0.15, 0.2) is 16.6 Å². The minimum absolute atomic E-state index is 0.117. The minimum Gasteiger partial charge on any atom is -0.460 e. The Bertz CT molecular complexity index is 615. The number of carbonyl (C=O) groups excluding carboxylic acids is 2. The summed E-state index contributed by atoms with van der Waals surface area (Å²) in [6, 6.07) is 0.881. The van der Waals surface area contributed by atoms with Gasteiger partial charge in [0.1, 0.15) is 12.7 Å². The number of cyclic esters (lactones) is 1. The molecule has 31 heavy (non-hydrogen) atoms. The first kappa shape index (κ1) is 28.0. The van der Waals surface area contributed by atoms with Gasteiger partial charge in [-0.25, -0.2) is 9.59 Å². The van der Waals surface area contributed by atoms with Gasteiger partial charge in [0.05, 0.1) is 19.7 Å². The predicted octanol–water partition coefficient (Wildman–Crippen LogP) is 4.11. The van der Waals surface area contributed by atoms with Gasteiger partial charge in [0.25, 0.3) is 0 Å². The Balaban J connectivity index is 2.35. The molecule has 1 amide bonds. The maximum absolute atomic E-state index is 12.0. The maximum atomic E-state index is 12.0. The van der Waals surface area contributed by atoms with Crippen molar-refractivity contribution in [1.29, 1.82) is 0 Å². The Morgan fingerprint density at radius 2 is 1.68 bits per heavy atom. The molecular weight excluding hydrogens is 450 g/mol. The quantitative estimate of drug-likeness (QED) is 0.156. The van der Waals surface area contributed by atoms with Gasteiger partial charge in [0.2, 0.25) is 0 Å². The van der Waals surface area contributed by atoms with Crippen LogP contribution in [0.1, 0.15) is 13.3 Å². The molecule has 1 atom stereocenters. The van der Waals surface area contributed by atoms with Gasteiger partial charge >= 0.3 is 20.6 Å². The third-order valence-corrected chi connectivity index (χ3v) is 13.8. The molecule has 0 N–H and O–H groups in total. The van der Waals surface area contributed by atoms with E-state index in [1.807, 2.05) is 0 Å². The summed E-state index contributed by atoms with van der Waals surface area (Å²) < 4.78 is 29.1. The van der Waals surface area contributed by atoms with Crippen molar-refractivity contribution in [2.45, 2.75) is 71.3 Å². The van der Waals surface area contributed by atoms with E-state index < -0.39 is 37.3 Å². The van der Waals surface area contributed by atoms with Gasteiger partial charge in [-0.15, -0.1) is 0 Å². The Morgan fingerprint density at radius 3 is 2.19 bits per heavy atom. The van der Waals surface area contributed by atoms with Crippen LogP contribution in [0.25, 0.3) is 0 Å². The monoisotopic (exact) mass is 491 g/mol. The van der Waals surface area contributed by atoms with E-state index in [-0.39, 0.29) is 12.7 Å². The summed E-state index contributed by atoms with van der Waals surface area (Å²) >= 11 is 0. The zero-order valence-corrected chi connectivity index (χ0v) is 23.5. The third kappa shape index (κ3) is 12.0. The topological polar surface area (TPSA) is 83.5 Å². The molecule has 0 saturated carbocycles. The highest BCUT2D eigenvalue weighted by molar-refractivity contribution is 6.87. The van der Waals surface area contributed by atoms with Crippen LogP contribution in [0.15, 0.2) is 12.2 Å². The lowest BCUT2D eigenvalue weighted by Crippen LogP contribution is -2.52. The van der Waals surface area contributed by atoms with Crippen molar-refractivity contribution in [3.8, 4) is 0 Å². The summed E-state index contributed by atoms with van der Waals surface area (Å²) in [6.45, 7) is 22.2. The van der Waals surface area contributed by atoms with Gasteiger partial charge in [-0.3, -0.25) is 0 Å². The van der Waals surface area contributed by atoms with Crippen molar-refractivity contribution in [1.82, 2.24) is 4.90 Å². The number of esters is 1. The van der Waals surface area contributed by atoms with Crippen LogP contribution in [0, 0.1) is 0 Å². The van der Waals surface area contributed by atoms with Crippen LogP contribution < -0.4 is 0 Å². The number of carbonyl (C=O) groups is 2. The molecule has 8 nitrogen and oxygen atoms in total. The van der Waals surface area contributed by atoms with Crippen molar-refractivity contribution < 1.29 is 32.0 Å². The molecule has 1 unspecified atom stereocenters. The molecule has 1 aliphatic heterocycles. The summed E-state index contributed by atoms with van der Waals surface area (Å²) in [5.74, 6) is -0.459. The molecule has 180 valence electrons. The highest BCUT2D eigenvalue weighted by Gasteiger charge is 2.39. The number of ether oxygens (including phenoxy) is 3. The molecule has 0 aromatic heterocycles. The summed E-state index contributed by atoms with van der Waals surface area (Å²) in [6.07, 6.45) is 0.121.